The molecule has 2 aromatic carbocycles. The Bertz CT molecular complexity index is 938. The summed E-state index contributed by atoms with van der Waals surface area (Å²) in [6.07, 6.45) is 1.94. The van der Waals surface area contributed by atoms with Crippen LogP contribution in [0.3, 0.4) is 0 Å². The Morgan fingerprint density at radius 2 is 1.94 bits per heavy atom. The SMILES string of the molecule is CCNC(=O)Nc1cccc([C@@H]2O[C@H](CN3CCC[C@H]3CO)C[C@H](c3ccc(CO)cc3)O2)c1. The van der Waals surface area contributed by atoms with E-state index in [2.05, 4.69) is 15.5 Å². The van der Waals surface area contributed by atoms with E-state index in [1.165, 1.54) is 0 Å². The second-order valence-electron chi connectivity index (χ2n) is 8.93. The fourth-order valence-electron chi connectivity index (χ4n) is 4.74. The van der Waals surface area contributed by atoms with Gasteiger partial charge in [-0.3, -0.25) is 4.90 Å². The van der Waals surface area contributed by atoms with Gasteiger partial charge in [0.25, 0.3) is 0 Å². The lowest BCUT2D eigenvalue weighted by Crippen LogP contribution is -2.42. The quantitative estimate of drug-likeness (QED) is 0.473. The number of nitrogens with zero attached hydrogens (tertiary/aromatic N) is 1. The van der Waals surface area contributed by atoms with Crippen LogP contribution in [0.15, 0.2) is 48.5 Å². The van der Waals surface area contributed by atoms with E-state index in [-0.39, 0.29) is 37.5 Å². The van der Waals surface area contributed by atoms with Crippen molar-refractivity contribution in [1.29, 1.82) is 0 Å². The minimum atomic E-state index is -0.590. The van der Waals surface area contributed by atoms with Crippen LogP contribution >= 0.6 is 0 Å². The van der Waals surface area contributed by atoms with E-state index in [1.54, 1.807) is 0 Å². The van der Waals surface area contributed by atoms with E-state index >= 15 is 0 Å². The summed E-state index contributed by atoms with van der Waals surface area (Å²) >= 11 is 0. The number of aliphatic hydroxyl groups is 2. The van der Waals surface area contributed by atoms with E-state index in [9.17, 15) is 15.0 Å². The fourth-order valence-corrected chi connectivity index (χ4v) is 4.74. The number of anilines is 1. The number of aliphatic hydroxyl groups excluding tert-OH is 2. The van der Waals surface area contributed by atoms with Crippen molar-refractivity contribution in [2.45, 2.75) is 57.3 Å². The first-order valence-corrected chi connectivity index (χ1v) is 12.1. The number of carbonyl (C=O) groups is 1. The van der Waals surface area contributed by atoms with Crippen LogP contribution in [0, 0.1) is 0 Å². The van der Waals surface area contributed by atoms with Crippen molar-refractivity contribution < 1.29 is 24.5 Å². The number of likely N-dealkylation sites (tertiary alicyclic amines) is 1. The molecule has 2 aliphatic heterocycles. The summed E-state index contributed by atoms with van der Waals surface area (Å²) in [6.45, 7) is 4.26. The van der Waals surface area contributed by atoms with Gasteiger partial charge in [0, 0.05) is 36.8 Å². The molecule has 4 rings (SSSR count). The second kappa shape index (κ2) is 11.8. The summed E-state index contributed by atoms with van der Waals surface area (Å²) in [5.74, 6) is 0. The molecule has 0 aromatic heterocycles. The molecule has 0 radical (unpaired) electrons. The number of benzene rings is 2. The molecule has 0 spiro atoms. The van der Waals surface area contributed by atoms with Gasteiger partial charge >= 0.3 is 6.03 Å². The molecule has 2 saturated heterocycles. The van der Waals surface area contributed by atoms with E-state index in [0.717, 1.165) is 42.6 Å². The smallest absolute Gasteiger partial charge is 0.319 e. The molecule has 2 fully saturated rings. The molecule has 4 atom stereocenters. The van der Waals surface area contributed by atoms with Crippen molar-refractivity contribution in [2.24, 2.45) is 0 Å². The van der Waals surface area contributed by atoms with Gasteiger partial charge in [-0.2, -0.15) is 0 Å². The van der Waals surface area contributed by atoms with E-state index in [0.29, 0.717) is 18.7 Å². The maximum absolute atomic E-state index is 12.0. The molecule has 2 amide bonds. The molecular formula is C26H35N3O5. The molecule has 184 valence electrons. The first-order valence-electron chi connectivity index (χ1n) is 12.1. The highest BCUT2D eigenvalue weighted by molar-refractivity contribution is 5.89. The van der Waals surface area contributed by atoms with Gasteiger partial charge < -0.3 is 30.3 Å². The number of hydrogen-bond acceptors (Lipinski definition) is 6. The Morgan fingerprint density at radius 1 is 1.12 bits per heavy atom. The molecule has 8 heteroatoms. The van der Waals surface area contributed by atoms with Crippen molar-refractivity contribution in [3.05, 3.63) is 65.2 Å². The van der Waals surface area contributed by atoms with Crippen LogP contribution in [0.4, 0.5) is 10.5 Å². The molecule has 0 bridgehead atoms. The van der Waals surface area contributed by atoms with Crippen LogP contribution in [-0.2, 0) is 16.1 Å². The maximum Gasteiger partial charge on any atom is 0.319 e. The lowest BCUT2D eigenvalue weighted by atomic mass is 9.99. The van der Waals surface area contributed by atoms with Crippen molar-refractivity contribution in [2.75, 3.05) is 31.6 Å². The summed E-state index contributed by atoms with van der Waals surface area (Å²) in [4.78, 5) is 14.3. The van der Waals surface area contributed by atoms with Crippen LogP contribution < -0.4 is 10.6 Å². The number of amides is 2. The normalized spacial score (nSPS) is 25.3. The highest BCUT2D eigenvalue weighted by atomic mass is 16.7. The summed E-state index contributed by atoms with van der Waals surface area (Å²) in [6, 6.07) is 15.3. The van der Waals surface area contributed by atoms with Gasteiger partial charge in [0.15, 0.2) is 6.29 Å². The third-order valence-corrected chi connectivity index (χ3v) is 6.52. The molecule has 2 aromatic rings. The number of rotatable bonds is 8. The summed E-state index contributed by atoms with van der Waals surface area (Å²) < 4.78 is 12.8. The average Bonchev–Trinajstić information content (AvgIpc) is 3.31. The summed E-state index contributed by atoms with van der Waals surface area (Å²) in [5, 5.41) is 24.7. The molecule has 8 nitrogen and oxygen atoms in total. The topological polar surface area (TPSA) is 103 Å². The Morgan fingerprint density at radius 3 is 2.68 bits per heavy atom. The molecular weight excluding hydrogens is 434 g/mol. The van der Waals surface area contributed by atoms with E-state index < -0.39 is 6.29 Å². The van der Waals surface area contributed by atoms with Crippen molar-refractivity contribution >= 4 is 11.7 Å². The average molecular weight is 470 g/mol. The van der Waals surface area contributed by atoms with Crippen LogP contribution in [-0.4, -0.2) is 59.5 Å². The number of hydrogen-bond donors (Lipinski definition) is 4. The summed E-state index contributed by atoms with van der Waals surface area (Å²) in [5.41, 5.74) is 3.39. The predicted octanol–water partition coefficient (Wildman–Crippen LogP) is 3.32. The molecule has 0 aliphatic carbocycles. The fraction of sp³-hybridized carbons (Fsp3) is 0.500. The Hall–Kier alpha value is -2.49. The van der Waals surface area contributed by atoms with Gasteiger partial charge in [0.1, 0.15) is 0 Å². The number of carbonyl (C=O) groups excluding carboxylic acids is 1. The third-order valence-electron chi connectivity index (χ3n) is 6.52. The highest BCUT2D eigenvalue weighted by Crippen LogP contribution is 2.39. The number of ether oxygens (including phenoxy) is 2. The standard InChI is InChI=1S/C26H35N3O5/c1-2-27-26(32)28-21-6-3-5-20(13-21)25-33-23(15-29-12-4-7-22(29)17-31)14-24(34-25)19-10-8-18(16-30)9-11-19/h3,5-6,8-11,13,22-25,30-31H,2,4,7,12,14-17H2,1H3,(H2,27,28,32)/t22-,23-,24+,25+/m0/s1. The van der Waals surface area contributed by atoms with Gasteiger partial charge in [-0.15, -0.1) is 0 Å². The largest absolute Gasteiger partial charge is 0.395 e. The highest BCUT2D eigenvalue weighted by Gasteiger charge is 2.35. The maximum atomic E-state index is 12.0. The zero-order valence-electron chi connectivity index (χ0n) is 19.7. The molecule has 2 aliphatic rings. The molecule has 0 saturated carbocycles. The Labute approximate surface area is 200 Å². The van der Waals surface area contributed by atoms with Gasteiger partial charge in [0.2, 0.25) is 0 Å². The molecule has 2 heterocycles. The molecule has 4 N–H and O–H groups in total. The van der Waals surface area contributed by atoms with E-state index in [1.807, 2.05) is 55.5 Å². The first-order chi connectivity index (χ1) is 16.6. The van der Waals surface area contributed by atoms with Gasteiger partial charge in [-0.05, 0) is 49.6 Å². The monoisotopic (exact) mass is 469 g/mol. The third kappa shape index (κ3) is 6.14. The zero-order valence-corrected chi connectivity index (χ0v) is 19.7. The Kier molecular flexibility index (Phi) is 8.53. The molecule has 0 unspecified atom stereocenters. The lowest BCUT2D eigenvalue weighted by Gasteiger charge is -2.38. The minimum Gasteiger partial charge on any atom is -0.395 e. The van der Waals surface area contributed by atoms with Crippen molar-refractivity contribution in [1.82, 2.24) is 10.2 Å². The van der Waals surface area contributed by atoms with Crippen LogP contribution in [0.1, 0.15) is 55.3 Å². The van der Waals surface area contributed by atoms with Crippen LogP contribution in [0.25, 0.3) is 0 Å². The zero-order chi connectivity index (χ0) is 23.9. The van der Waals surface area contributed by atoms with Gasteiger partial charge in [-0.1, -0.05) is 36.4 Å². The first kappa shape index (κ1) is 24.6. The second-order valence-corrected chi connectivity index (χ2v) is 8.93. The minimum absolute atomic E-state index is 0.00305. The Balaban J connectivity index is 1.54. The van der Waals surface area contributed by atoms with Crippen LogP contribution in [0.2, 0.25) is 0 Å². The molecule has 34 heavy (non-hydrogen) atoms. The summed E-state index contributed by atoms with van der Waals surface area (Å²) in [7, 11) is 0. The van der Waals surface area contributed by atoms with E-state index in [4.69, 9.17) is 9.47 Å². The predicted molar refractivity (Wildman–Crippen MR) is 129 cm³/mol. The van der Waals surface area contributed by atoms with Crippen LogP contribution in [0.5, 0.6) is 0 Å². The van der Waals surface area contributed by atoms with Crippen molar-refractivity contribution in [3.63, 3.8) is 0 Å². The number of nitrogens with one attached hydrogen (secondary N) is 2. The van der Waals surface area contributed by atoms with Gasteiger partial charge in [-0.25, -0.2) is 4.79 Å². The number of urea groups is 1. The van der Waals surface area contributed by atoms with Gasteiger partial charge in [0.05, 0.1) is 25.4 Å². The lowest BCUT2D eigenvalue weighted by molar-refractivity contribution is -0.253. The van der Waals surface area contributed by atoms with Crippen molar-refractivity contribution in [3.8, 4) is 0 Å².